The van der Waals surface area contributed by atoms with Crippen molar-refractivity contribution in [3.8, 4) is 0 Å². The van der Waals surface area contributed by atoms with E-state index in [2.05, 4.69) is 0 Å². The summed E-state index contributed by atoms with van der Waals surface area (Å²) >= 11 is 0. The topological polar surface area (TPSA) is 3.24 Å². The number of rotatable bonds is 2. The van der Waals surface area contributed by atoms with Gasteiger partial charge in [-0.1, -0.05) is 0 Å². The van der Waals surface area contributed by atoms with Crippen molar-refractivity contribution in [2.24, 2.45) is 11.8 Å². The van der Waals surface area contributed by atoms with Gasteiger partial charge in [0.25, 0.3) is 0 Å². The Bertz CT molecular complexity index is 633. The molecular weight excluding hydrogens is 493 g/mol. The predicted molar refractivity (Wildman–Crippen MR) is 65.4 cm³/mol. The molecule has 31 heavy (non-hydrogen) atoms. The van der Waals surface area contributed by atoms with Crippen LogP contribution in [0.2, 0.25) is 0 Å². The standard InChI is InChI=1S/C13H8F17N/c14-8(15,13(28,29)30)7(6(11(22,23)24)12(25,26)27)31-2-4(9(16,17)18)1-5(3-31)10(19,20)21/h4-5H,1-3H2. The zero-order valence-corrected chi connectivity index (χ0v) is 14.1. The van der Waals surface area contributed by atoms with E-state index in [1.54, 1.807) is 0 Å². The molecule has 0 aliphatic carbocycles. The Hall–Kier alpha value is -1.65. The van der Waals surface area contributed by atoms with E-state index in [-0.39, 0.29) is 0 Å². The van der Waals surface area contributed by atoms with E-state index in [1.807, 2.05) is 0 Å². The molecule has 0 bridgehead atoms. The number of nitrogens with zero attached hydrogens (tertiary/aromatic N) is 1. The van der Waals surface area contributed by atoms with E-state index in [0.717, 1.165) is 0 Å². The summed E-state index contributed by atoms with van der Waals surface area (Å²) in [6, 6.07) is 0. The van der Waals surface area contributed by atoms with Crippen molar-refractivity contribution in [1.29, 1.82) is 0 Å². The number of likely N-dealkylation sites (tertiary alicyclic amines) is 1. The molecule has 1 rings (SSSR count). The molecule has 0 spiro atoms. The predicted octanol–water partition coefficient (Wildman–Crippen LogP) is 6.63. The summed E-state index contributed by atoms with van der Waals surface area (Å²) in [5, 5.41) is 0. The minimum Gasteiger partial charge on any atom is -0.368 e. The minimum absolute atomic E-state index is 1.48. The Kier molecular flexibility index (Phi) is 6.84. The highest BCUT2D eigenvalue weighted by Gasteiger charge is 2.68. The number of hydrogen-bond acceptors (Lipinski definition) is 1. The summed E-state index contributed by atoms with van der Waals surface area (Å²) in [5.74, 6) is -14.0. The van der Waals surface area contributed by atoms with E-state index >= 15 is 0 Å². The largest absolute Gasteiger partial charge is 0.459 e. The Morgan fingerprint density at radius 3 is 1.10 bits per heavy atom. The second kappa shape index (κ2) is 7.74. The maximum atomic E-state index is 13.8. The van der Waals surface area contributed by atoms with Gasteiger partial charge in [0.05, 0.1) is 11.8 Å². The SMILES string of the molecule is FC(F)(F)C(=C(N1CC(C(F)(F)F)CC(C(F)(F)F)C1)C(F)(F)C(F)(F)F)C(F)(F)F. The molecule has 18 heteroatoms. The summed E-state index contributed by atoms with van der Waals surface area (Å²) < 4.78 is 220. The van der Waals surface area contributed by atoms with Crippen molar-refractivity contribution in [2.75, 3.05) is 13.1 Å². The monoisotopic (exact) mass is 501 g/mol. The van der Waals surface area contributed by atoms with Gasteiger partial charge in [-0.05, 0) is 6.42 Å². The Morgan fingerprint density at radius 2 is 0.871 bits per heavy atom. The van der Waals surface area contributed by atoms with Gasteiger partial charge in [-0.25, -0.2) is 0 Å². The van der Waals surface area contributed by atoms with Gasteiger partial charge in [-0.15, -0.1) is 0 Å². The quantitative estimate of drug-likeness (QED) is 0.385. The highest BCUT2D eigenvalue weighted by Crippen LogP contribution is 2.52. The first-order chi connectivity index (χ1) is 13.3. The molecule has 1 nitrogen and oxygen atoms in total. The van der Waals surface area contributed by atoms with Crippen molar-refractivity contribution in [3.05, 3.63) is 11.3 Å². The van der Waals surface area contributed by atoms with Crippen molar-refractivity contribution in [1.82, 2.24) is 4.90 Å². The average Bonchev–Trinajstić information content (AvgIpc) is 2.46. The van der Waals surface area contributed by atoms with Crippen LogP contribution in [0.25, 0.3) is 0 Å². The molecule has 0 saturated carbocycles. The lowest BCUT2D eigenvalue weighted by atomic mass is 9.86. The second-order valence-corrected chi connectivity index (χ2v) is 6.41. The zero-order chi connectivity index (χ0) is 25.0. The molecule has 1 fully saturated rings. The van der Waals surface area contributed by atoms with Gasteiger partial charge >= 0.3 is 36.8 Å². The van der Waals surface area contributed by atoms with Gasteiger partial charge in [0.15, 0.2) is 5.57 Å². The molecule has 0 aromatic heterocycles. The van der Waals surface area contributed by atoms with Gasteiger partial charge in [0.1, 0.15) is 5.70 Å². The van der Waals surface area contributed by atoms with Crippen molar-refractivity contribution in [2.45, 2.75) is 43.2 Å². The average molecular weight is 501 g/mol. The van der Waals surface area contributed by atoms with Crippen LogP contribution in [-0.2, 0) is 0 Å². The lowest BCUT2D eigenvalue weighted by Crippen LogP contribution is -2.55. The van der Waals surface area contributed by atoms with E-state index < -0.39 is 84.3 Å². The Balaban J connectivity index is 3.93. The molecule has 0 radical (unpaired) electrons. The third kappa shape index (κ3) is 5.98. The van der Waals surface area contributed by atoms with Crippen LogP contribution in [0.4, 0.5) is 74.6 Å². The maximum absolute atomic E-state index is 13.8. The van der Waals surface area contributed by atoms with Gasteiger partial charge in [-0.2, -0.15) is 74.6 Å². The number of halogens is 17. The summed E-state index contributed by atoms with van der Waals surface area (Å²) in [4.78, 5) is -1.48. The normalized spacial score (nSPS) is 22.5. The molecule has 2 atom stereocenters. The molecule has 1 aliphatic heterocycles. The molecule has 0 aromatic rings. The Labute approximate surface area is 160 Å². The fraction of sp³-hybridized carbons (Fsp3) is 0.846. The van der Waals surface area contributed by atoms with E-state index in [9.17, 15) is 74.6 Å². The summed E-state index contributed by atoms with van der Waals surface area (Å²) in [6.45, 7) is -4.85. The van der Waals surface area contributed by atoms with Gasteiger partial charge in [0.2, 0.25) is 0 Å². The third-order valence-corrected chi connectivity index (χ3v) is 4.15. The van der Waals surface area contributed by atoms with Crippen LogP contribution in [0, 0.1) is 11.8 Å². The molecule has 1 heterocycles. The first-order valence-electron chi connectivity index (χ1n) is 7.53. The number of hydrogen-bond donors (Lipinski definition) is 0. The van der Waals surface area contributed by atoms with E-state index in [0.29, 0.717) is 0 Å². The number of piperidine rings is 1. The highest BCUT2D eigenvalue weighted by atomic mass is 19.4. The number of allylic oxidation sites excluding steroid dienone is 2. The van der Waals surface area contributed by atoms with Crippen molar-refractivity contribution in [3.63, 3.8) is 0 Å². The van der Waals surface area contributed by atoms with Crippen molar-refractivity contribution < 1.29 is 74.6 Å². The van der Waals surface area contributed by atoms with E-state index in [1.165, 1.54) is 0 Å². The molecule has 2 unspecified atom stereocenters. The minimum atomic E-state index is -7.22. The smallest absolute Gasteiger partial charge is 0.368 e. The fourth-order valence-electron chi connectivity index (χ4n) is 2.83. The molecule has 0 aromatic carbocycles. The third-order valence-electron chi connectivity index (χ3n) is 4.15. The fourth-order valence-corrected chi connectivity index (χ4v) is 2.83. The van der Waals surface area contributed by atoms with Crippen LogP contribution in [0.5, 0.6) is 0 Å². The lowest BCUT2D eigenvalue weighted by molar-refractivity contribution is -0.280. The van der Waals surface area contributed by atoms with Gasteiger partial charge in [0, 0.05) is 13.1 Å². The second-order valence-electron chi connectivity index (χ2n) is 6.41. The first kappa shape index (κ1) is 27.4. The maximum Gasteiger partial charge on any atom is 0.459 e. The van der Waals surface area contributed by atoms with Crippen LogP contribution in [0.1, 0.15) is 6.42 Å². The summed E-state index contributed by atoms with van der Waals surface area (Å²) in [5.41, 5.74) is -8.64. The van der Waals surface area contributed by atoms with E-state index in [4.69, 9.17) is 0 Å². The molecule has 0 N–H and O–H groups in total. The summed E-state index contributed by atoms with van der Waals surface area (Å²) in [7, 11) is 0. The van der Waals surface area contributed by atoms with Crippen LogP contribution in [-0.4, -0.2) is 54.8 Å². The van der Waals surface area contributed by atoms with Crippen molar-refractivity contribution >= 4 is 0 Å². The molecule has 1 saturated heterocycles. The van der Waals surface area contributed by atoms with Crippen LogP contribution in [0.15, 0.2) is 11.3 Å². The number of alkyl halides is 17. The first-order valence-corrected chi connectivity index (χ1v) is 7.53. The molecule has 0 amide bonds. The lowest BCUT2D eigenvalue weighted by Gasteiger charge is -2.44. The van der Waals surface area contributed by atoms with Gasteiger partial charge in [-0.3, -0.25) is 0 Å². The zero-order valence-electron chi connectivity index (χ0n) is 14.1. The summed E-state index contributed by atoms with van der Waals surface area (Å²) in [6.07, 6.45) is -34.8. The highest BCUT2D eigenvalue weighted by molar-refractivity contribution is 5.30. The molecule has 1 aliphatic rings. The molecular formula is C13H8F17N. The Morgan fingerprint density at radius 1 is 0.548 bits per heavy atom. The van der Waals surface area contributed by atoms with Gasteiger partial charge < -0.3 is 4.90 Å². The van der Waals surface area contributed by atoms with Crippen LogP contribution >= 0.6 is 0 Å². The molecule has 184 valence electrons. The van der Waals surface area contributed by atoms with Crippen LogP contribution in [0.3, 0.4) is 0 Å². The van der Waals surface area contributed by atoms with Crippen LogP contribution < -0.4 is 0 Å².